The van der Waals surface area contributed by atoms with Crippen LogP contribution in [-0.2, 0) is 0 Å². The highest BCUT2D eigenvalue weighted by Crippen LogP contribution is 2.32. The van der Waals surface area contributed by atoms with Crippen molar-refractivity contribution in [2.75, 3.05) is 25.4 Å². The standard InChI is InChI=1S/C9H16F3NOS/c1-7(2)8(14)5-13(6-8)3-4-15-9(10,11)12/h7,14H,3-6H2,1-2H3. The van der Waals surface area contributed by atoms with E-state index >= 15 is 0 Å². The van der Waals surface area contributed by atoms with E-state index in [0.717, 1.165) is 0 Å². The zero-order valence-electron chi connectivity index (χ0n) is 8.84. The molecule has 1 N–H and O–H groups in total. The van der Waals surface area contributed by atoms with E-state index in [-0.39, 0.29) is 23.4 Å². The SMILES string of the molecule is CC(C)C1(O)CN(CCSC(F)(F)F)C1. The third-order valence-electron chi connectivity index (χ3n) is 2.74. The van der Waals surface area contributed by atoms with Crippen LogP contribution < -0.4 is 0 Å². The van der Waals surface area contributed by atoms with Crippen LogP contribution >= 0.6 is 11.8 Å². The smallest absolute Gasteiger partial charge is 0.387 e. The summed E-state index contributed by atoms with van der Waals surface area (Å²) in [4.78, 5) is 1.85. The molecule has 1 aliphatic heterocycles. The number of hydrogen-bond donors (Lipinski definition) is 1. The molecule has 0 aromatic heterocycles. The summed E-state index contributed by atoms with van der Waals surface area (Å²) in [6.45, 7) is 5.20. The first-order valence-electron chi connectivity index (χ1n) is 4.88. The highest BCUT2D eigenvalue weighted by molar-refractivity contribution is 8.00. The van der Waals surface area contributed by atoms with Crippen molar-refractivity contribution in [3.05, 3.63) is 0 Å². The molecule has 0 aromatic rings. The second-order valence-corrected chi connectivity index (χ2v) is 5.42. The van der Waals surface area contributed by atoms with Crippen LogP contribution in [-0.4, -0.2) is 46.5 Å². The lowest BCUT2D eigenvalue weighted by Gasteiger charge is -2.49. The first-order valence-corrected chi connectivity index (χ1v) is 5.87. The van der Waals surface area contributed by atoms with E-state index in [2.05, 4.69) is 0 Å². The number of rotatable bonds is 4. The molecule has 0 atom stereocenters. The number of aliphatic hydroxyl groups is 1. The molecule has 0 amide bonds. The van der Waals surface area contributed by atoms with Gasteiger partial charge in [-0.2, -0.15) is 13.2 Å². The normalized spacial score (nSPS) is 21.8. The van der Waals surface area contributed by atoms with Crippen LogP contribution in [0.3, 0.4) is 0 Å². The van der Waals surface area contributed by atoms with Crippen LogP contribution in [0.5, 0.6) is 0 Å². The summed E-state index contributed by atoms with van der Waals surface area (Å²) < 4.78 is 35.4. The maximum atomic E-state index is 11.8. The zero-order valence-corrected chi connectivity index (χ0v) is 9.66. The molecular weight excluding hydrogens is 227 g/mol. The van der Waals surface area contributed by atoms with Crippen LogP contribution in [0.4, 0.5) is 13.2 Å². The van der Waals surface area contributed by atoms with Crippen molar-refractivity contribution in [2.24, 2.45) is 5.92 Å². The summed E-state index contributed by atoms with van der Waals surface area (Å²) in [5, 5.41) is 9.85. The zero-order chi connectivity index (χ0) is 11.7. The molecule has 0 bridgehead atoms. The molecule has 0 unspecified atom stereocenters. The number of alkyl halides is 3. The predicted molar refractivity (Wildman–Crippen MR) is 54.7 cm³/mol. The Labute approximate surface area is 91.8 Å². The highest BCUT2D eigenvalue weighted by atomic mass is 32.2. The lowest BCUT2D eigenvalue weighted by Crippen LogP contribution is -2.64. The Balaban J connectivity index is 2.13. The minimum Gasteiger partial charge on any atom is -0.387 e. The lowest BCUT2D eigenvalue weighted by molar-refractivity contribution is -0.125. The van der Waals surface area contributed by atoms with Crippen LogP contribution in [0.1, 0.15) is 13.8 Å². The third kappa shape index (κ3) is 3.85. The number of β-amino-alcohol motifs (C(OH)–C–C–N with tert-alkyl or cyclic N) is 1. The average molecular weight is 243 g/mol. The second-order valence-electron chi connectivity index (χ2n) is 4.26. The quantitative estimate of drug-likeness (QED) is 0.816. The van der Waals surface area contributed by atoms with Gasteiger partial charge in [-0.25, -0.2) is 0 Å². The molecule has 1 fully saturated rings. The van der Waals surface area contributed by atoms with Crippen molar-refractivity contribution in [2.45, 2.75) is 25.0 Å². The van der Waals surface area contributed by atoms with E-state index in [4.69, 9.17) is 0 Å². The van der Waals surface area contributed by atoms with Gasteiger partial charge < -0.3 is 5.11 Å². The summed E-state index contributed by atoms with van der Waals surface area (Å²) >= 11 is -0.00360. The van der Waals surface area contributed by atoms with Gasteiger partial charge in [0.1, 0.15) is 0 Å². The number of hydrogen-bond acceptors (Lipinski definition) is 3. The fraction of sp³-hybridized carbons (Fsp3) is 1.00. The molecule has 0 saturated carbocycles. The monoisotopic (exact) mass is 243 g/mol. The summed E-state index contributed by atoms with van der Waals surface area (Å²) in [6.07, 6.45) is 0. The van der Waals surface area contributed by atoms with Crippen molar-refractivity contribution in [1.29, 1.82) is 0 Å². The minimum atomic E-state index is -4.14. The Hall–Kier alpha value is 0.0600. The van der Waals surface area contributed by atoms with Gasteiger partial charge in [-0.1, -0.05) is 13.8 Å². The van der Waals surface area contributed by atoms with Crippen molar-refractivity contribution < 1.29 is 18.3 Å². The lowest BCUT2D eigenvalue weighted by atomic mass is 9.83. The van der Waals surface area contributed by atoms with Gasteiger partial charge in [-0.05, 0) is 17.7 Å². The van der Waals surface area contributed by atoms with Crippen molar-refractivity contribution in [3.8, 4) is 0 Å². The van der Waals surface area contributed by atoms with Crippen molar-refractivity contribution in [3.63, 3.8) is 0 Å². The second kappa shape index (κ2) is 4.51. The Morgan fingerprint density at radius 2 is 1.93 bits per heavy atom. The number of thioether (sulfide) groups is 1. The average Bonchev–Trinajstić information content (AvgIpc) is 1.97. The molecule has 90 valence electrons. The number of nitrogens with zero attached hydrogens (tertiary/aromatic N) is 1. The van der Waals surface area contributed by atoms with Gasteiger partial charge in [0, 0.05) is 25.4 Å². The van der Waals surface area contributed by atoms with Crippen LogP contribution in [0.2, 0.25) is 0 Å². The van der Waals surface area contributed by atoms with Crippen molar-refractivity contribution >= 4 is 11.8 Å². The van der Waals surface area contributed by atoms with Crippen LogP contribution in [0.25, 0.3) is 0 Å². The van der Waals surface area contributed by atoms with E-state index in [1.807, 2.05) is 18.7 Å². The molecule has 0 aliphatic carbocycles. The Morgan fingerprint density at radius 3 is 2.33 bits per heavy atom. The number of halogens is 3. The fourth-order valence-electron chi connectivity index (χ4n) is 1.54. The third-order valence-corrected chi connectivity index (χ3v) is 3.46. The topological polar surface area (TPSA) is 23.5 Å². The first kappa shape index (κ1) is 13.1. The molecule has 15 heavy (non-hydrogen) atoms. The van der Waals surface area contributed by atoms with Crippen LogP contribution in [0, 0.1) is 5.92 Å². The van der Waals surface area contributed by atoms with E-state index in [1.165, 1.54) is 0 Å². The highest BCUT2D eigenvalue weighted by Gasteiger charge is 2.43. The molecule has 1 aliphatic rings. The summed E-state index contributed by atoms with van der Waals surface area (Å²) in [5.74, 6) is 0.196. The van der Waals surface area contributed by atoms with Gasteiger partial charge in [-0.15, -0.1) is 0 Å². The molecular formula is C9H16F3NOS. The van der Waals surface area contributed by atoms with Gasteiger partial charge in [0.15, 0.2) is 0 Å². The van der Waals surface area contributed by atoms with Crippen LogP contribution in [0.15, 0.2) is 0 Å². The van der Waals surface area contributed by atoms with Gasteiger partial charge in [0.2, 0.25) is 0 Å². The molecule has 6 heteroatoms. The summed E-state index contributed by atoms with van der Waals surface area (Å²) in [6, 6.07) is 0. The molecule has 0 aromatic carbocycles. The molecule has 1 saturated heterocycles. The number of likely N-dealkylation sites (tertiary alicyclic amines) is 1. The molecule has 0 radical (unpaired) electrons. The van der Waals surface area contributed by atoms with E-state index in [9.17, 15) is 18.3 Å². The van der Waals surface area contributed by atoms with Gasteiger partial charge in [-0.3, -0.25) is 4.90 Å². The Morgan fingerprint density at radius 1 is 1.40 bits per heavy atom. The molecule has 1 rings (SSSR count). The maximum absolute atomic E-state index is 11.8. The fourth-order valence-corrected chi connectivity index (χ4v) is 2.12. The Kier molecular flexibility index (Phi) is 3.95. The summed E-state index contributed by atoms with van der Waals surface area (Å²) in [7, 11) is 0. The van der Waals surface area contributed by atoms with Gasteiger partial charge in [0.05, 0.1) is 5.60 Å². The molecule has 2 nitrogen and oxygen atoms in total. The first-order chi connectivity index (χ1) is 6.73. The largest absolute Gasteiger partial charge is 0.441 e. The van der Waals surface area contributed by atoms with Gasteiger partial charge >= 0.3 is 5.51 Å². The van der Waals surface area contributed by atoms with E-state index < -0.39 is 11.1 Å². The van der Waals surface area contributed by atoms with E-state index in [1.54, 1.807) is 0 Å². The van der Waals surface area contributed by atoms with E-state index in [0.29, 0.717) is 19.6 Å². The van der Waals surface area contributed by atoms with Crippen molar-refractivity contribution in [1.82, 2.24) is 4.90 Å². The summed E-state index contributed by atoms with van der Waals surface area (Å²) in [5.41, 5.74) is -4.83. The molecule has 1 heterocycles. The minimum absolute atomic E-state index is 0.00360. The maximum Gasteiger partial charge on any atom is 0.441 e. The Bertz CT molecular complexity index is 214. The predicted octanol–water partition coefficient (Wildman–Crippen LogP) is 1.94. The van der Waals surface area contributed by atoms with Gasteiger partial charge in [0.25, 0.3) is 0 Å². The molecule has 0 spiro atoms.